The molecule has 2 heterocycles. The van der Waals surface area contributed by atoms with Gasteiger partial charge in [-0.2, -0.15) is 4.31 Å². The second-order valence-corrected chi connectivity index (χ2v) is 9.69. The van der Waals surface area contributed by atoms with Crippen LogP contribution >= 0.6 is 0 Å². The Morgan fingerprint density at radius 3 is 2.68 bits per heavy atom. The van der Waals surface area contributed by atoms with E-state index in [0.29, 0.717) is 15.7 Å². The van der Waals surface area contributed by atoms with Crippen molar-refractivity contribution in [2.75, 3.05) is 13.4 Å². The number of rotatable bonds is 5. The van der Waals surface area contributed by atoms with E-state index in [-0.39, 0.29) is 19.3 Å². The Kier molecular flexibility index (Phi) is 5.16. The van der Waals surface area contributed by atoms with Crippen molar-refractivity contribution in [3.05, 3.63) is 48.0 Å². The van der Waals surface area contributed by atoms with Gasteiger partial charge in [0.2, 0.25) is 10.0 Å². The zero-order chi connectivity index (χ0) is 22.4. The summed E-state index contributed by atoms with van der Waals surface area (Å²) in [4.78, 5) is 32.8. The average Bonchev–Trinajstić information content (AvgIpc) is 3.20. The lowest BCUT2D eigenvalue weighted by molar-refractivity contribution is -0.153. The van der Waals surface area contributed by atoms with Gasteiger partial charge in [-0.15, -0.1) is 0 Å². The number of halogens is 1. The first kappa shape index (κ1) is 21.2. The number of esters is 1. The van der Waals surface area contributed by atoms with E-state index in [1.807, 2.05) is 6.07 Å². The molecule has 9 nitrogen and oxygen atoms in total. The quantitative estimate of drug-likeness (QED) is 0.636. The van der Waals surface area contributed by atoms with Crippen LogP contribution in [0.3, 0.4) is 0 Å². The van der Waals surface area contributed by atoms with Crippen LogP contribution in [0.25, 0.3) is 11.4 Å². The molecule has 0 N–H and O–H groups in total. The van der Waals surface area contributed by atoms with Crippen LogP contribution in [0.2, 0.25) is 0 Å². The molecule has 1 saturated heterocycles. The molecule has 0 spiro atoms. The Labute approximate surface area is 178 Å². The van der Waals surface area contributed by atoms with Gasteiger partial charge >= 0.3 is 12.1 Å². The van der Waals surface area contributed by atoms with Gasteiger partial charge in [-0.3, -0.25) is 4.79 Å². The molecule has 1 aliphatic heterocycles. The molecular formula is C20H20FN3O6S. The molecule has 1 saturated carbocycles. The number of hydrogen-bond acceptors (Lipinski definition) is 8. The van der Waals surface area contributed by atoms with Gasteiger partial charge in [-0.05, 0) is 24.5 Å². The van der Waals surface area contributed by atoms with E-state index in [1.165, 1.54) is 7.11 Å². The Morgan fingerprint density at radius 2 is 2.03 bits per heavy atom. The van der Waals surface area contributed by atoms with Crippen molar-refractivity contribution >= 4 is 22.1 Å². The molecule has 164 valence electrons. The number of aromatic nitrogens is 2. The number of carbonyl (C=O) groups is 2. The fraction of sp³-hybridized carbons (Fsp3) is 0.400. The fourth-order valence-corrected chi connectivity index (χ4v) is 5.48. The van der Waals surface area contributed by atoms with Gasteiger partial charge in [0.25, 0.3) is 0 Å². The van der Waals surface area contributed by atoms with E-state index in [4.69, 9.17) is 9.47 Å². The van der Waals surface area contributed by atoms with E-state index >= 15 is 0 Å². The summed E-state index contributed by atoms with van der Waals surface area (Å²) in [5, 5.41) is 0. The van der Waals surface area contributed by atoms with Gasteiger partial charge in [-0.25, -0.2) is 27.6 Å². The van der Waals surface area contributed by atoms with Crippen molar-refractivity contribution in [2.24, 2.45) is 5.41 Å². The van der Waals surface area contributed by atoms with Gasteiger partial charge in [0.1, 0.15) is 6.10 Å². The number of methoxy groups -OCH3 is 1. The fourth-order valence-electron chi connectivity index (χ4n) is 4.46. The minimum absolute atomic E-state index is 0.0838. The number of fused-ring (bicyclic) bond motifs is 1. The summed E-state index contributed by atoms with van der Waals surface area (Å²) in [5.41, 5.74) is 0.323. The highest BCUT2D eigenvalue weighted by Crippen LogP contribution is 2.48. The van der Waals surface area contributed by atoms with Crippen LogP contribution in [0.15, 0.2) is 36.7 Å². The van der Waals surface area contributed by atoms with Crippen LogP contribution in [0.4, 0.5) is 9.18 Å². The van der Waals surface area contributed by atoms with Gasteiger partial charge in [0.05, 0.1) is 37.2 Å². The lowest BCUT2D eigenvalue weighted by atomic mass is 9.79. The van der Waals surface area contributed by atoms with Crippen LogP contribution in [0.1, 0.15) is 18.4 Å². The summed E-state index contributed by atoms with van der Waals surface area (Å²) < 4.78 is 48.3. The van der Waals surface area contributed by atoms with Crippen molar-refractivity contribution in [2.45, 2.75) is 31.4 Å². The standard InChI is InChI=1S/C20H20FN3O6S/c1-29-18(25)20(8-15-16(9-20)30-19(26)24(15)31(2,27)28)7-12-4-3-5-13(6-12)17-22-10-14(21)11-23-17/h3-6,10-11,15-16H,7-9H2,1-2H3/t15-,16+,20-/m1/s1. The zero-order valence-electron chi connectivity index (χ0n) is 16.8. The van der Waals surface area contributed by atoms with Gasteiger partial charge in [0, 0.05) is 12.0 Å². The predicted octanol–water partition coefficient (Wildman–Crippen LogP) is 1.93. The zero-order valence-corrected chi connectivity index (χ0v) is 17.6. The summed E-state index contributed by atoms with van der Waals surface area (Å²) in [7, 11) is -2.58. The highest BCUT2D eigenvalue weighted by atomic mass is 32.2. The maximum atomic E-state index is 13.1. The molecule has 2 fully saturated rings. The number of carbonyl (C=O) groups excluding carboxylic acids is 2. The molecule has 0 radical (unpaired) electrons. The first-order valence-corrected chi connectivity index (χ1v) is 11.3. The topological polar surface area (TPSA) is 116 Å². The number of benzene rings is 1. The Hall–Kier alpha value is -3.08. The molecule has 2 aromatic rings. The highest BCUT2D eigenvalue weighted by Gasteiger charge is 2.60. The molecule has 3 atom stereocenters. The Bertz CT molecular complexity index is 1140. The monoisotopic (exact) mass is 449 g/mol. The van der Waals surface area contributed by atoms with Crippen molar-refractivity contribution in [3.8, 4) is 11.4 Å². The molecule has 1 aliphatic carbocycles. The van der Waals surface area contributed by atoms with Crippen molar-refractivity contribution in [3.63, 3.8) is 0 Å². The molecular weight excluding hydrogens is 429 g/mol. The maximum absolute atomic E-state index is 13.1. The third kappa shape index (κ3) is 3.85. The number of sulfonamides is 1. The summed E-state index contributed by atoms with van der Waals surface area (Å²) in [6.45, 7) is 0. The molecule has 31 heavy (non-hydrogen) atoms. The first-order chi connectivity index (χ1) is 14.6. The van der Waals surface area contributed by atoms with Gasteiger partial charge in [-0.1, -0.05) is 18.2 Å². The summed E-state index contributed by atoms with van der Waals surface area (Å²) in [6.07, 6.45) is 1.86. The van der Waals surface area contributed by atoms with E-state index in [9.17, 15) is 22.4 Å². The van der Waals surface area contributed by atoms with E-state index < -0.39 is 45.5 Å². The maximum Gasteiger partial charge on any atom is 0.424 e. The van der Waals surface area contributed by atoms with Crippen LogP contribution in [0, 0.1) is 11.2 Å². The smallest absolute Gasteiger partial charge is 0.424 e. The summed E-state index contributed by atoms with van der Waals surface area (Å²) in [6, 6.07) is 6.35. The number of amides is 1. The second kappa shape index (κ2) is 7.56. The number of hydrogen-bond donors (Lipinski definition) is 0. The molecule has 0 unspecified atom stereocenters. The SMILES string of the molecule is COC(=O)[C@@]1(Cc2cccc(-c3ncc(F)cn3)c2)C[C@@H]2OC(=O)N(S(C)(=O)=O)[C@@H]2C1. The Morgan fingerprint density at radius 1 is 1.32 bits per heavy atom. The third-order valence-corrected chi connectivity index (χ3v) is 6.81. The second-order valence-electron chi connectivity index (χ2n) is 7.83. The molecule has 11 heteroatoms. The van der Waals surface area contributed by atoms with E-state index in [2.05, 4.69) is 9.97 Å². The van der Waals surface area contributed by atoms with Crippen LogP contribution in [-0.4, -0.2) is 60.3 Å². The predicted molar refractivity (Wildman–Crippen MR) is 106 cm³/mol. The average molecular weight is 449 g/mol. The number of nitrogens with zero attached hydrogens (tertiary/aromatic N) is 3. The van der Waals surface area contributed by atoms with Crippen LogP contribution in [-0.2, 0) is 30.7 Å². The molecule has 2 aliphatic rings. The molecule has 1 amide bonds. The third-order valence-electron chi connectivity index (χ3n) is 5.68. The van der Waals surface area contributed by atoms with Crippen molar-refractivity contribution < 1.29 is 31.9 Å². The first-order valence-electron chi connectivity index (χ1n) is 9.48. The lowest BCUT2D eigenvalue weighted by Crippen LogP contribution is -2.41. The van der Waals surface area contributed by atoms with E-state index in [0.717, 1.165) is 24.2 Å². The van der Waals surface area contributed by atoms with E-state index in [1.54, 1.807) is 18.2 Å². The van der Waals surface area contributed by atoms with Crippen molar-refractivity contribution in [1.82, 2.24) is 14.3 Å². The van der Waals surface area contributed by atoms with Crippen LogP contribution < -0.4 is 0 Å². The molecule has 0 bridgehead atoms. The minimum Gasteiger partial charge on any atom is -0.469 e. The number of ether oxygens (including phenoxy) is 2. The van der Waals surface area contributed by atoms with Gasteiger partial charge < -0.3 is 9.47 Å². The molecule has 1 aromatic heterocycles. The molecule has 4 rings (SSSR count). The van der Waals surface area contributed by atoms with Crippen molar-refractivity contribution in [1.29, 1.82) is 0 Å². The van der Waals surface area contributed by atoms with Gasteiger partial charge in [0.15, 0.2) is 11.6 Å². The summed E-state index contributed by atoms with van der Waals surface area (Å²) in [5.74, 6) is -0.724. The summed E-state index contributed by atoms with van der Waals surface area (Å²) >= 11 is 0. The largest absolute Gasteiger partial charge is 0.469 e. The van der Waals surface area contributed by atoms with Crippen LogP contribution in [0.5, 0.6) is 0 Å². The Balaban J connectivity index is 1.65. The molecule has 1 aromatic carbocycles. The lowest BCUT2D eigenvalue weighted by Gasteiger charge is -2.28. The normalized spacial score (nSPS) is 25.3. The minimum atomic E-state index is -3.85. The highest BCUT2D eigenvalue weighted by molar-refractivity contribution is 7.88.